The highest BCUT2D eigenvalue weighted by Crippen LogP contribution is 2.33. The van der Waals surface area contributed by atoms with Crippen LogP contribution in [-0.4, -0.2) is 18.1 Å². The van der Waals surface area contributed by atoms with E-state index in [0.29, 0.717) is 11.5 Å². The Balaban J connectivity index is 1.73. The highest BCUT2D eigenvalue weighted by molar-refractivity contribution is 5.82. The number of rotatable bonds is 5. The Hall–Kier alpha value is -2.49. The maximum atomic E-state index is 12.8. The Morgan fingerprint density at radius 3 is 2.33 bits per heavy atom. The predicted molar refractivity (Wildman–Crippen MR) is 93.2 cm³/mol. The van der Waals surface area contributed by atoms with Crippen molar-refractivity contribution in [2.75, 3.05) is 0 Å². The van der Waals surface area contributed by atoms with Gasteiger partial charge in [0, 0.05) is 0 Å². The molecular formula is C20H23NO3. The van der Waals surface area contributed by atoms with Crippen molar-refractivity contribution in [3.8, 4) is 11.5 Å². The number of benzene rings is 2. The zero-order valence-electron chi connectivity index (χ0n) is 14.1. The van der Waals surface area contributed by atoms with E-state index in [0.717, 1.165) is 18.4 Å². The molecule has 4 heteroatoms. The van der Waals surface area contributed by atoms with Crippen LogP contribution in [0, 0.1) is 0 Å². The molecule has 0 aliphatic carbocycles. The van der Waals surface area contributed by atoms with Crippen LogP contribution in [0.5, 0.6) is 11.5 Å². The molecule has 2 aromatic rings. The second-order valence-electron chi connectivity index (χ2n) is 6.07. The summed E-state index contributed by atoms with van der Waals surface area (Å²) in [6.45, 7) is 3.97. The molecule has 0 spiro atoms. The van der Waals surface area contributed by atoms with Gasteiger partial charge in [0.1, 0.15) is 6.10 Å². The van der Waals surface area contributed by atoms with Crippen molar-refractivity contribution < 1.29 is 14.3 Å². The van der Waals surface area contributed by atoms with E-state index < -0.39 is 6.10 Å². The number of carbonyl (C=O) groups excluding carboxylic acids is 1. The Morgan fingerprint density at radius 2 is 1.67 bits per heavy atom. The van der Waals surface area contributed by atoms with Gasteiger partial charge in [-0.15, -0.1) is 0 Å². The number of hydrogen-bond acceptors (Lipinski definition) is 3. The number of ether oxygens (including phenoxy) is 2. The normalized spacial score (nSPS) is 20.2. The molecule has 1 aliphatic heterocycles. The molecule has 1 aliphatic rings. The van der Waals surface area contributed by atoms with E-state index in [1.54, 1.807) is 0 Å². The van der Waals surface area contributed by atoms with Gasteiger partial charge in [-0.05, 0) is 31.0 Å². The molecule has 4 nitrogen and oxygen atoms in total. The lowest BCUT2D eigenvalue weighted by atomic mass is 10.0. The van der Waals surface area contributed by atoms with Gasteiger partial charge >= 0.3 is 0 Å². The first-order chi connectivity index (χ1) is 11.7. The van der Waals surface area contributed by atoms with Crippen molar-refractivity contribution in [2.45, 2.75) is 44.9 Å². The number of nitrogens with one attached hydrogen (secondary N) is 1. The molecule has 0 bridgehead atoms. The van der Waals surface area contributed by atoms with Crippen molar-refractivity contribution >= 4 is 5.91 Å². The molecule has 1 amide bonds. The summed E-state index contributed by atoms with van der Waals surface area (Å²) in [5.41, 5.74) is 1.11. The van der Waals surface area contributed by atoms with Gasteiger partial charge in [-0.25, -0.2) is 0 Å². The third-order valence-electron chi connectivity index (χ3n) is 4.20. The van der Waals surface area contributed by atoms with Crippen LogP contribution in [0.2, 0.25) is 0 Å². The lowest BCUT2D eigenvalue weighted by Gasteiger charge is -2.32. The molecule has 3 atom stereocenters. The van der Waals surface area contributed by atoms with Crippen LogP contribution in [0.15, 0.2) is 54.6 Å². The number of hydrogen-bond donors (Lipinski definition) is 1. The van der Waals surface area contributed by atoms with E-state index in [9.17, 15) is 4.79 Å². The number of para-hydroxylation sites is 2. The maximum Gasteiger partial charge on any atom is 0.265 e. The van der Waals surface area contributed by atoms with Crippen LogP contribution >= 0.6 is 0 Å². The first-order valence-electron chi connectivity index (χ1n) is 8.46. The molecule has 0 saturated heterocycles. The molecule has 0 saturated carbocycles. The SMILES string of the molecule is CCCC(NC(=O)C1Oc2ccccc2OC1C)c1ccccc1. The third-order valence-corrected chi connectivity index (χ3v) is 4.20. The fraction of sp³-hybridized carbons (Fsp3) is 0.350. The minimum Gasteiger partial charge on any atom is -0.482 e. The van der Waals surface area contributed by atoms with Gasteiger partial charge in [0.25, 0.3) is 5.91 Å². The molecule has 1 heterocycles. The number of fused-ring (bicyclic) bond motifs is 1. The predicted octanol–water partition coefficient (Wildman–Crippen LogP) is 3.87. The monoisotopic (exact) mass is 325 g/mol. The first-order valence-corrected chi connectivity index (χ1v) is 8.46. The van der Waals surface area contributed by atoms with Gasteiger partial charge < -0.3 is 14.8 Å². The van der Waals surface area contributed by atoms with Crippen LogP contribution in [0.3, 0.4) is 0 Å². The fourth-order valence-corrected chi connectivity index (χ4v) is 2.96. The molecular weight excluding hydrogens is 302 g/mol. The Bertz CT molecular complexity index is 686. The fourth-order valence-electron chi connectivity index (χ4n) is 2.96. The van der Waals surface area contributed by atoms with Gasteiger partial charge in [0.15, 0.2) is 11.5 Å². The Kier molecular flexibility index (Phi) is 5.04. The first kappa shape index (κ1) is 16.4. The lowest BCUT2D eigenvalue weighted by molar-refractivity contribution is -0.134. The van der Waals surface area contributed by atoms with E-state index in [-0.39, 0.29) is 18.1 Å². The zero-order chi connectivity index (χ0) is 16.9. The standard InChI is InChI=1S/C20H23NO3/c1-3-9-16(15-10-5-4-6-11-15)21-20(22)19-14(2)23-17-12-7-8-13-18(17)24-19/h4-8,10-14,16,19H,3,9H2,1-2H3,(H,21,22). The minimum absolute atomic E-state index is 0.0170. The summed E-state index contributed by atoms with van der Waals surface area (Å²) in [4.78, 5) is 12.8. The molecule has 3 rings (SSSR count). The van der Waals surface area contributed by atoms with Crippen LogP contribution in [0.4, 0.5) is 0 Å². The van der Waals surface area contributed by atoms with Crippen molar-refractivity contribution in [2.24, 2.45) is 0 Å². The third kappa shape index (κ3) is 3.53. The molecule has 2 aromatic carbocycles. The summed E-state index contributed by atoms with van der Waals surface area (Å²) in [5.74, 6) is 1.16. The average molecular weight is 325 g/mol. The van der Waals surface area contributed by atoms with E-state index in [2.05, 4.69) is 12.2 Å². The van der Waals surface area contributed by atoms with Crippen LogP contribution in [0.25, 0.3) is 0 Å². The van der Waals surface area contributed by atoms with Gasteiger partial charge in [0.2, 0.25) is 6.10 Å². The smallest absolute Gasteiger partial charge is 0.265 e. The van der Waals surface area contributed by atoms with E-state index >= 15 is 0 Å². The van der Waals surface area contributed by atoms with Crippen molar-refractivity contribution in [3.63, 3.8) is 0 Å². The summed E-state index contributed by atoms with van der Waals surface area (Å²) in [5, 5.41) is 3.12. The maximum absolute atomic E-state index is 12.8. The summed E-state index contributed by atoms with van der Waals surface area (Å²) in [7, 11) is 0. The Morgan fingerprint density at radius 1 is 1.04 bits per heavy atom. The van der Waals surface area contributed by atoms with Gasteiger partial charge in [-0.3, -0.25) is 4.79 Å². The second kappa shape index (κ2) is 7.39. The highest BCUT2D eigenvalue weighted by Gasteiger charge is 2.34. The lowest BCUT2D eigenvalue weighted by Crippen LogP contribution is -2.49. The van der Waals surface area contributed by atoms with Gasteiger partial charge in [0.05, 0.1) is 6.04 Å². The number of carbonyl (C=O) groups is 1. The van der Waals surface area contributed by atoms with Crippen LogP contribution in [-0.2, 0) is 4.79 Å². The van der Waals surface area contributed by atoms with Gasteiger partial charge in [-0.2, -0.15) is 0 Å². The largest absolute Gasteiger partial charge is 0.482 e. The van der Waals surface area contributed by atoms with E-state index in [1.165, 1.54) is 0 Å². The summed E-state index contributed by atoms with van der Waals surface area (Å²) in [6.07, 6.45) is 0.884. The molecule has 1 N–H and O–H groups in total. The van der Waals surface area contributed by atoms with E-state index in [1.807, 2.05) is 61.5 Å². The number of amides is 1. The molecule has 0 radical (unpaired) electrons. The summed E-state index contributed by atoms with van der Waals surface area (Å²) >= 11 is 0. The van der Waals surface area contributed by atoms with Crippen LogP contribution in [0.1, 0.15) is 38.3 Å². The van der Waals surface area contributed by atoms with Crippen molar-refractivity contribution in [3.05, 3.63) is 60.2 Å². The van der Waals surface area contributed by atoms with Gasteiger partial charge in [-0.1, -0.05) is 55.8 Å². The summed E-state index contributed by atoms with van der Waals surface area (Å²) in [6, 6.07) is 17.5. The van der Waals surface area contributed by atoms with Crippen LogP contribution < -0.4 is 14.8 Å². The Labute approximate surface area is 142 Å². The van der Waals surface area contributed by atoms with E-state index in [4.69, 9.17) is 9.47 Å². The molecule has 3 unspecified atom stereocenters. The zero-order valence-corrected chi connectivity index (χ0v) is 14.1. The minimum atomic E-state index is -0.650. The highest BCUT2D eigenvalue weighted by atomic mass is 16.6. The molecule has 24 heavy (non-hydrogen) atoms. The second-order valence-corrected chi connectivity index (χ2v) is 6.07. The molecule has 0 aromatic heterocycles. The van der Waals surface area contributed by atoms with Crippen molar-refractivity contribution in [1.82, 2.24) is 5.32 Å². The average Bonchev–Trinajstić information content (AvgIpc) is 2.61. The summed E-state index contributed by atoms with van der Waals surface area (Å²) < 4.78 is 11.7. The van der Waals surface area contributed by atoms with Crippen molar-refractivity contribution in [1.29, 1.82) is 0 Å². The topological polar surface area (TPSA) is 47.6 Å². The quantitative estimate of drug-likeness (QED) is 0.908. The molecule has 0 fully saturated rings. The molecule has 126 valence electrons.